The summed E-state index contributed by atoms with van der Waals surface area (Å²) in [5.41, 5.74) is 1.33. The molecule has 0 aliphatic heterocycles. The molecule has 120 valence electrons. The van der Waals surface area contributed by atoms with Crippen molar-refractivity contribution in [3.8, 4) is 5.75 Å². The maximum Gasteiger partial charge on any atom is 0.118 e. The van der Waals surface area contributed by atoms with Crippen molar-refractivity contribution in [1.29, 1.82) is 0 Å². The van der Waals surface area contributed by atoms with E-state index in [1.165, 1.54) is 24.8 Å². The van der Waals surface area contributed by atoms with Gasteiger partial charge in [0.2, 0.25) is 0 Å². The van der Waals surface area contributed by atoms with E-state index in [0.717, 1.165) is 25.1 Å². The van der Waals surface area contributed by atoms with Crippen LogP contribution in [0.2, 0.25) is 0 Å². The Bertz CT molecular complexity index is 413. The first-order valence-corrected chi connectivity index (χ1v) is 7.90. The predicted octanol–water partition coefficient (Wildman–Crippen LogP) is 4.70. The second-order valence-corrected chi connectivity index (χ2v) is 6.94. The normalized spacial score (nSPS) is 18.9. The quantitative estimate of drug-likeness (QED) is 0.725. The van der Waals surface area contributed by atoms with Crippen molar-refractivity contribution in [2.45, 2.75) is 42.9 Å². The lowest BCUT2D eigenvalue weighted by atomic mass is 9.75. The molecular formula is C17H27Cl2NO. The first kappa shape index (κ1) is 18.6. The summed E-state index contributed by atoms with van der Waals surface area (Å²) in [7, 11) is 5.95. The van der Waals surface area contributed by atoms with Gasteiger partial charge in [-0.1, -0.05) is 31.4 Å². The van der Waals surface area contributed by atoms with Crippen LogP contribution in [0.15, 0.2) is 24.3 Å². The first-order valence-electron chi connectivity index (χ1n) is 7.53. The minimum Gasteiger partial charge on any atom is -0.497 e. The Hall–Kier alpha value is -0.440. The molecule has 1 aliphatic carbocycles. The van der Waals surface area contributed by atoms with E-state index in [0.29, 0.717) is 5.92 Å². The van der Waals surface area contributed by atoms with Crippen molar-refractivity contribution >= 4 is 24.0 Å². The number of rotatable bonds is 5. The number of halogens is 2. The third kappa shape index (κ3) is 4.77. The van der Waals surface area contributed by atoms with Crippen LogP contribution in [0, 0.1) is 0 Å². The number of ether oxygens (including phenoxy) is 1. The van der Waals surface area contributed by atoms with E-state index in [2.05, 4.69) is 31.1 Å². The Morgan fingerprint density at radius 1 is 1.14 bits per heavy atom. The number of likely N-dealkylation sites (N-methyl/N-ethyl adjacent to an activating group) is 1. The number of methoxy groups -OCH3 is 1. The average molecular weight is 332 g/mol. The third-order valence-corrected chi connectivity index (χ3v) is 5.02. The Morgan fingerprint density at radius 3 is 2.19 bits per heavy atom. The number of benzene rings is 1. The fourth-order valence-electron chi connectivity index (χ4n) is 3.26. The van der Waals surface area contributed by atoms with Gasteiger partial charge in [-0.05, 0) is 44.6 Å². The highest BCUT2D eigenvalue weighted by Gasteiger charge is 2.38. The van der Waals surface area contributed by atoms with E-state index in [-0.39, 0.29) is 17.3 Å². The largest absolute Gasteiger partial charge is 0.497 e. The van der Waals surface area contributed by atoms with Crippen LogP contribution in [0.1, 0.15) is 43.6 Å². The standard InChI is InChI=1S/C17H26ClNO.ClH/c1-19(2)13-16(17(18)11-5-4-6-12-17)14-7-9-15(20-3)10-8-14;/h7-10,16H,4-6,11-13H2,1-3H3;1H. The monoisotopic (exact) mass is 331 g/mol. The van der Waals surface area contributed by atoms with Gasteiger partial charge in [-0.3, -0.25) is 0 Å². The van der Waals surface area contributed by atoms with E-state index >= 15 is 0 Å². The Labute approximate surface area is 140 Å². The lowest BCUT2D eigenvalue weighted by Gasteiger charge is -2.40. The van der Waals surface area contributed by atoms with Gasteiger partial charge in [-0.15, -0.1) is 24.0 Å². The molecule has 1 aromatic carbocycles. The van der Waals surface area contributed by atoms with Crippen molar-refractivity contribution in [3.63, 3.8) is 0 Å². The third-order valence-electron chi connectivity index (χ3n) is 4.38. The molecule has 0 heterocycles. The van der Waals surface area contributed by atoms with Crippen molar-refractivity contribution in [3.05, 3.63) is 29.8 Å². The molecule has 0 radical (unpaired) electrons. The summed E-state index contributed by atoms with van der Waals surface area (Å²) in [4.78, 5) is 2.16. The molecule has 0 amide bonds. The van der Waals surface area contributed by atoms with Gasteiger partial charge in [0.15, 0.2) is 0 Å². The van der Waals surface area contributed by atoms with Gasteiger partial charge in [0.1, 0.15) is 5.75 Å². The highest BCUT2D eigenvalue weighted by molar-refractivity contribution is 6.24. The van der Waals surface area contributed by atoms with Crippen LogP contribution >= 0.6 is 24.0 Å². The van der Waals surface area contributed by atoms with E-state index < -0.39 is 0 Å². The summed E-state index contributed by atoms with van der Waals surface area (Å²) in [6.45, 7) is 0.996. The zero-order valence-corrected chi connectivity index (χ0v) is 14.8. The lowest BCUT2D eigenvalue weighted by Crippen LogP contribution is -2.38. The molecule has 0 saturated heterocycles. The molecule has 0 N–H and O–H groups in total. The van der Waals surface area contributed by atoms with Gasteiger partial charge in [-0.2, -0.15) is 0 Å². The first-order chi connectivity index (χ1) is 9.55. The molecule has 1 atom stereocenters. The molecule has 0 aromatic heterocycles. The Balaban J connectivity index is 0.00000220. The van der Waals surface area contributed by atoms with Gasteiger partial charge >= 0.3 is 0 Å². The summed E-state index contributed by atoms with van der Waals surface area (Å²) in [6, 6.07) is 8.43. The zero-order valence-electron chi connectivity index (χ0n) is 13.3. The van der Waals surface area contributed by atoms with E-state index in [9.17, 15) is 0 Å². The van der Waals surface area contributed by atoms with Gasteiger partial charge in [0.05, 0.1) is 12.0 Å². The summed E-state index contributed by atoms with van der Waals surface area (Å²) >= 11 is 7.04. The van der Waals surface area contributed by atoms with Crippen molar-refractivity contribution < 1.29 is 4.74 Å². The van der Waals surface area contributed by atoms with Gasteiger partial charge in [-0.25, -0.2) is 0 Å². The maximum absolute atomic E-state index is 7.04. The van der Waals surface area contributed by atoms with Crippen LogP contribution < -0.4 is 4.74 Å². The topological polar surface area (TPSA) is 12.5 Å². The van der Waals surface area contributed by atoms with Gasteiger partial charge in [0.25, 0.3) is 0 Å². The van der Waals surface area contributed by atoms with Crippen LogP contribution in [0.25, 0.3) is 0 Å². The minimum absolute atomic E-state index is 0. The zero-order chi connectivity index (χ0) is 14.6. The average Bonchev–Trinajstić information content (AvgIpc) is 2.45. The van der Waals surface area contributed by atoms with E-state index in [1.54, 1.807) is 7.11 Å². The van der Waals surface area contributed by atoms with Crippen LogP contribution in [0.4, 0.5) is 0 Å². The summed E-state index contributed by atoms with van der Waals surface area (Å²) < 4.78 is 5.26. The number of nitrogens with zero attached hydrogens (tertiary/aromatic N) is 1. The number of hydrogen-bond donors (Lipinski definition) is 0. The fourth-order valence-corrected chi connectivity index (χ4v) is 3.72. The fraction of sp³-hybridized carbons (Fsp3) is 0.647. The molecule has 1 unspecified atom stereocenters. The maximum atomic E-state index is 7.04. The predicted molar refractivity (Wildman–Crippen MR) is 93.2 cm³/mol. The van der Waals surface area contributed by atoms with Crippen molar-refractivity contribution in [2.75, 3.05) is 27.7 Å². The molecule has 0 bridgehead atoms. The Kier molecular flexibility index (Phi) is 7.32. The molecule has 1 fully saturated rings. The van der Waals surface area contributed by atoms with Crippen LogP contribution in [0.5, 0.6) is 5.75 Å². The van der Waals surface area contributed by atoms with Crippen molar-refractivity contribution in [1.82, 2.24) is 4.90 Å². The van der Waals surface area contributed by atoms with Gasteiger partial charge < -0.3 is 9.64 Å². The van der Waals surface area contributed by atoms with Crippen LogP contribution in [-0.4, -0.2) is 37.5 Å². The van der Waals surface area contributed by atoms with Gasteiger partial charge in [0, 0.05) is 12.5 Å². The SMILES string of the molecule is COc1ccc(C(CN(C)C)C2(Cl)CCCCC2)cc1.Cl. The molecule has 21 heavy (non-hydrogen) atoms. The molecule has 2 rings (SSSR count). The highest BCUT2D eigenvalue weighted by atomic mass is 35.5. The summed E-state index contributed by atoms with van der Waals surface area (Å²) in [5.74, 6) is 1.29. The van der Waals surface area contributed by atoms with Crippen LogP contribution in [-0.2, 0) is 0 Å². The molecule has 0 spiro atoms. The number of alkyl halides is 1. The molecular weight excluding hydrogens is 305 g/mol. The summed E-state index contributed by atoms with van der Waals surface area (Å²) in [5, 5.41) is 0. The highest BCUT2D eigenvalue weighted by Crippen LogP contribution is 2.45. The van der Waals surface area contributed by atoms with Crippen LogP contribution in [0.3, 0.4) is 0 Å². The molecule has 1 aromatic rings. The van der Waals surface area contributed by atoms with E-state index in [4.69, 9.17) is 16.3 Å². The summed E-state index contributed by atoms with van der Waals surface area (Å²) in [6.07, 6.45) is 6.08. The van der Waals surface area contributed by atoms with E-state index in [1.807, 2.05) is 12.1 Å². The second-order valence-electron chi connectivity index (χ2n) is 6.18. The minimum atomic E-state index is -0.0862. The second kappa shape index (κ2) is 8.26. The molecule has 1 saturated carbocycles. The molecule has 4 heteroatoms. The number of hydrogen-bond acceptors (Lipinski definition) is 2. The lowest BCUT2D eigenvalue weighted by molar-refractivity contribution is 0.275. The smallest absolute Gasteiger partial charge is 0.118 e. The molecule has 2 nitrogen and oxygen atoms in total. The Morgan fingerprint density at radius 2 is 1.71 bits per heavy atom. The van der Waals surface area contributed by atoms with Crippen molar-refractivity contribution in [2.24, 2.45) is 0 Å². The molecule has 1 aliphatic rings.